The van der Waals surface area contributed by atoms with Gasteiger partial charge in [-0.15, -0.1) is 0 Å². The first kappa shape index (κ1) is 21.8. The third kappa shape index (κ3) is 4.84. The number of rotatable bonds is 8. The van der Waals surface area contributed by atoms with E-state index in [0.29, 0.717) is 11.5 Å². The fourth-order valence-corrected chi connectivity index (χ4v) is 3.88. The molecule has 2 atom stereocenters. The molecule has 0 heterocycles. The molecule has 0 aliphatic carbocycles. The summed E-state index contributed by atoms with van der Waals surface area (Å²) in [4.78, 5) is 11.8. The number of hydroxylamine groups is 1. The molecule has 0 spiro atoms. The van der Waals surface area contributed by atoms with Crippen molar-refractivity contribution in [2.24, 2.45) is 0 Å². The topological polar surface area (TPSA) is 105 Å². The van der Waals surface area contributed by atoms with E-state index in [1.165, 1.54) is 75.1 Å². The van der Waals surface area contributed by atoms with E-state index in [2.05, 4.69) is 0 Å². The lowest BCUT2D eigenvalue weighted by molar-refractivity contribution is -0.136. The summed E-state index contributed by atoms with van der Waals surface area (Å²) < 4.78 is 50.0. The SMILES string of the molecule is COC(C)C(C(=O)NO)N(C)S(=O)(=O)c1ccc(Oc2ccc(F)cc2)cc1. The number of hydrogen-bond donors (Lipinski definition) is 2. The van der Waals surface area contributed by atoms with Crippen LogP contribution in [0.3, 0.4) is 0 Å². The van der Waals surface area contributed by atoms with E-state index in [1.54, 1.807) is 0 Å². The van der Waals surface area contributed by atoms with Gasteiger partial charge in [0.05, 0.1) is 11.0 Å². The molecule has 8 nitrogen and oxygen atoms in total. The van der Waals surface area contributed by atoms with Crippen LogP contribution in [0.5, 0.6) is 11.5 Å². The quantitative estimate of drug-likeness (QED) is 0.508. The van der Waals surface area contributed by atoms with Crippen LogP contribution in [0.1, 0.15) is 6.92 Å². The van der Waals surface area contributed by atoms with Crippen molar-refractivity contribution in [2.75, 3.05) is 14.2 Å². The van der Waals surface area contributed by atoms with Gasteiger partial charge in [-0.2, -0.15) is 4.31 Å². The van der Waals surface area contributed by atoms with Gasteiger partial charge >= 0.3 is 0 Å². The van der Waals surface area contributed by atoms with Gasteiger partial charge in [0.25, 0.3) is 5.91 Å². The highest BCUT2D eigenvalue weighted by Crippen LogP contribution is 2.25. The molecule has 152 valence electrons. The smallest absolute Gasteiger partial charge is 0.264 e. The summed E-state index contributed by atoms with van der Waals surface area (Å²) >= 11 is 0. The van der Waals surface area contributed by atoms with Gasteiger partial charge in [0, 0.05) is 14.2 Å². The van der Waals surface area contributed by atoms with Crippen molar-refractivity contribution < 1.29 is 32.3 Å². The summed E-state index contributed by atoms with van der Waals surface area (Å²) in [6, 6.07) is 9.59. The number of nitrogens with one attached hydrogen (secondary N) is 1. The van der Waals surface area contributed by atoms with Gasteiger partial charge in [-0.25, -0.2) is 18.3 Å². The van der Waals surface area contributed by atoms with Crippen LogP contribution in [0.25, 0.3) is 0 Å². The largest absolute Gasteiger partial charge is 0.457 e. The predicted molar refractivity (Wildman–Crippen MR) is 98.1 cm³/mol. The molecule has 2 unspecified atom stereocenters. The first-order chi connectivity index (χ1) is 13.2. The summed E-state index contributed by atoms with van der Waals surface area (Å²) in [7, 11) is -1.53. The third-order valence-electron chi connectivity index (χ3n) is 4.14. The zero-order valence-electron chi connectivity index (χ0n) is 15.5. The van der Waals surface area contributed by atoms with E-state index < -0.39 is 33.9 Å². The van der Waals surface area contributed by atoms with Gasteiger partial charge in [0.15, 0.2) is 0 Å². The van der Waals surface area contributed by atoms with E-state index in [-0.39, 0.29) is 4.90 Å². The molecule has 0 fully saturated rings. The van der Waals surface area contributed by atoms with Crippen LogP contribution in [0.4, 0.5) is 4.39 Å². The average molecular weight is 412 g/mol. The molecular weight excluding hydrogens is 391 g/mol. The fourth-order valence-electron chi connectivity index (χ4n) is 2.50. The minimum Gasteiger partial charge on any atom is -0.457 e. The molecular formula is C18H21FN2O6S. The number of carbonyl (C=O) groups is 1. The maximum Gasteiger partial charge on any atom is 0.264 e. The fraction of sp³-hybridized carbons (Fsp3) is 0.278. The molecule has 0 saturated carbocycles. The van der Waals surface area contributed by atoms with Crippen molar-refractivity contribution in [1.82, 2.24) is 9.79 Å². The number of methoxy groups -OCH3 is 1. The number of halogens is 1. The van der Waals surface area contributed by atoms with Gasteiger partial charge < -0.3 is 9.47 Å². The number of likely N-dealkylation sites (N-methyl/N-ethyl adjacent to an activating group) is 1. The maximum absolute atomic E-state index is 12.9. The van der Waals surface area contributed by atoms with Gasteiger partial charge in [0.2, 0.25) is 10.0 Å². The summed E-state index contributed by atoms with van der Waals surface area (Å²) in [6.45, 7) is 1.51. The van der Waals surface area contributed by atoms with E-state index in [4.69, 9.17) is 14.7 Å². The molecule has 0 aromatic heterocycles. The molecule has 2 N–H and O–H groups in total. The molecule has 0 aliphatic rings. The second-order valence-electron chi connectivity index (χ2n) is 5.91. The molecule has 0 aliphatic heterocycles. The van der Waals surface area contributed by atoms with Crippen molar-refractivity contribution in [2.45, 2.75) is 24.0 Å². The molecule has 2 aromatic rings. The summed E-state index contributed by atoms with van der Waals surface area (Å²) in [6.07, 6.45) is -0.812. The highest BCUT2D eigenvalue weighted by Gasteiger charge is 2.37. The van der Waals surface area contributed by atoms with Crippen LogP contribution in [-0.4, -0.2) is 50.1 Å². The normalized spacial score (nSPS) is 13.8. The Kier molecular flexibility index (Phi) is 7.08. The monoisotopic (exact) mass is 412 g/mol. The van der Waals surface area contributed by atoms with Crippen LogP contribution in [0.2, 0.25) is 0 Å². The Morgan fingerprint density at radius 2 is 1.61 bits per heavy atom. The Bertz CT molecular complexity index is 903. The number of hydrogen-bond acceptors (Lipinski definition) is 6. The number of carbonyl (C=O) groups excluding carboxylic acids is 1. The minimum atomic E-state index is -4.07. The van der Waals surface area contributed by atoms with Crippen molar-refractivity contribution in [1.29, 1.82) is 0 Å². The second-order valence-corrected chi connectivity index (χ2v) is 7.91. The zero-order valence-corrected chi connectivity index (χ0v) is 16.3. The lowest BCUT2D eigenvalue weighted by atomic mass is 10.2. The van der Waals surface area contributed by atoms with Crippen LogP contribution in [0.15, 0.2) is 53.4 Å². The number of benzene rings is 2. The summed E-state index contributed by atoms with van der Waals surface area (Å²) in [5.74, 6) is -0.578. The first-order valence-corrected chi connectivity index (χ1v) is 9.63. The molecule has 0 saturated heterocycles. The maximum atomic E-state index is 12.9. The molecule has 2 rings (SSSR count). The van der Waals surface area contributed by atoms with Gasteiger partial charge in [0.1, 0.15) is 23.4 Å². The van der Waals surface area contributed by atoms with Gasteiger partial charge in [-0.1, -0.05) is 0 Å². The van der Waals surface area contributed by atoms with E-state index >= 15 is 0 Å². The number of sulfonamides is 1. The molecule has 2 aromatic carbocycles. The molecule has 10 heteroatoms. The number of amides is 1. The highest BCUT2D eigenvalue weighted by atomic mass is 32.2. The molecule has 28 heavy (non-hydrogen) atoms. The van der Waals surface area contributed by atoms with Crippen LogP contribution >= 0.6 is 0 Å². The average Bonchev–Trinajstić information content (AvgIpc) is 2.69. The van der Waals surface area contributed by atoms with Gasteiger partial charge in [-0.05, 0) is 55.5 Å². The molecule has 1 amide bonds. The van der Waals surface area contributed by atoms with Crippen molar-refractivity contribution >= 4 is 15.9 Å². The Morgan fingerprint density at radius 3 is 2.07 bits per heavy atom. The minimum absolute atomic E-state index is 0.0829. The second kappa shape index (κ2) is 9.11. The van der Waals surface area contributed by atoms with Crippen LogP contribution in [-0.2, 0) is 19.6 Å². The Balaban J connectivity index is 2.24. The van der Waals surface area contributed by atoms with Gasteiger partial charge in [-0.3, -0.25) is 10.0 Å². The van der Waals surface area contributed by atoms with Crippen LogP contribution in [0, 0.1) is 5.82 Å². The van der Waals surface area contributed by atoms with Crippen molar-refractivity contribution in [3.63, 3.8) is 0 Å². The number of ether oxygens (including phenoxy) is 2. The molecule has 0 bridgehead atoms. The van der Waals surface area contributed by atoms with E-state index in [9.17, 15) is 17.6 Å². The zero-order chi connectivity index (χ0) is 20.9. The van der Waals surface area contributed by atoms with Crippen molar-refractivity contribution in [3.8, 4) is 11.5 Å². The van der Waals surface area contributed by atoms with E-state index in [0.717, 1.165) is 4.31 Å². The lowest BCUT2D eigenvalue weighted by Gasteiger charge is -2.29. The Labute approximate surface area is 162 Å². The first-order valence-electron chi connectivity index (χ1n) is 8.19. The Hall–Kier alpha value is -2.53. The summed E-state index contributed by atoms with van der Waals surface area (Å²) in [5.41, 5.74) is 1.45. The standard InChI is InChI=1S/C18H21FN2O6S/c1-12(26-3)17(18(22)20-23)21(2)28(24,25)16-10-8-15(9-11-16)27-14-6-4-13(19)5-7-14/h4-12,17,23H,1-3H3,(H,20,22). The predicted octanol–water partition coefficient (Wildman–Crippen LogP) is 2.15. The van der Waals surface area contributed by atoms with Crippen molar-refractivity contribution in [3.05, 3.63) is 54.3 Å². The summed E-state index contributed by atoms with van der Waals surface area (Å²) in [5, 5.41) is 8.91. The number of nitrogens with zero attached hydrogens (tertiary/aromatic N) is 1. The highest BCUT2D eigenvalue weighted by molar-refractivity contribution is 7.89. The Morgan fingerprint density at radius 1 is 1.11 bits per heavy atom. The third-order valence-corrected chi connectivity index (χ3v) is 5.99. The van der Waals surface area contributed by atoms with E-state index in [1.807, 2.05) is 0 Å². The lowest BCUT2D eigenvalue weighted by Crippen LogP contribution is -2.52. The molecule has 0 radical (unpaired) electrons. The van der Waals surface area contributed by atoms with Crippen LogP contribution < -0.4 is 10.2 Å².